The molecule has 1 aromatic heterocycles. The monoisotopic (exact) mass is 392 g/mol. The predicted octanol–water partition coefficient (Wildman–Crippen LogP) is 3.30. The van der Waals surface area contributed by atoms with Gasteiger partial charge in [0.15, 0.2) is 0 Å². The van der Waals surface area contributed by atoms with E-state index in [1.54, 1.807) is 0 Å². The number of hydrogen-bond acceptors (Lipinski definition) is 3. The second-order valence-electron chi connectivity index (χ2n) is 7.55. The van der Waals surface area contributed by atoms with Crippen molar-refractivity contribution in [2.45, 2.75) is 19.4 Å². The van der Waals surface area contributed by atoms with E-state index in [1.807, 2.05) is 48.7 Å². The largest absolute Gasteiger partial charge is 0.481 e. The Morgan fingerprint density at radius 2 is 1.72 bits per heavy atom. The van der Waals surface area contributed by atoms with Gasteiger partial charge in [0.25, 0.3) is 5.91 Å². The molecule has 2 heterocycles. The van der Waals surface area contributed by atoms with Crippen molar-refractivity contribution in [1.29, 1.82) is 0 Å². The maximum atomic E-state index is 13.0. The summed E-state index contributed by atoms with van der Waals surface area (Å²) in [5.74, 6) is -1.13. The van der Waals surface area contributed by atoms with E-state index in [0.29, 0.717) is 38.2 Å². The lowest BCUT2D eigenvalue weighted by atomic mass is 9.80. The summed E-state index contributed by atoms with van der Waals surface area (Å²) in [6, 6.07) is 17.8. The Labute approximate surface area is 169 Å². The zero-order valence-corrected chi connectivity index (χ0v) is 16.1. The van der Waals surface area contributed by atoms with E-state index in [0.717, 1.165) is 16.5 Å². The molecule has 0 atom stereocenters. The molecule has 2 N–H and O–H groups in total. The van der Waals surface area contributed by atoms with Crippen LogP contribution >= 0.6 is 0 Å². The van der Waals surface area contributed by atoms with Crippen LogP contribution in [0.4, 0.5) is 0 Å². The van der Waals surface area contributed by atoms with Crippen molar-refractivity contribution in [3.63, 3.8) is 0 Å². The number of ether oxygens (including phenoxy) is 1. The number of hydrogen-bond donors (Lipinski definition) is 2. The summed E-state index contributed by atoms with van der Waals surface area (Å²) in [4.78, 5) is 24.8. The van der Waals surface area contributed by atoms with E-state index < -0.39 is 11.4 Å². The van der Waals surface area contributed by atoms with Crippen LogP contribution in [-0.2, 0) is 16.1 Å². The number of carboxylic acid groups (broad SMARTS) is 1. The molecule has 1 fully saturated rings. The Morgan fingerprint density at radius 1 is 1.03 bits per heavy atom. The van der Waals surface area contributed by atoms with Gasteiger partial charge in [-0.05, 0) is 24.5 Å². The molecular weight excluding hydrogens is 368 g/mol. The zero-order chi connectivity index (χ0) is 20.3. The molecule has 150 valence electrons. The molecular formula is C23H24N2O4. The Hall–Kier alpha value is -3.12. The molecule has 1 aliphatic rings. The van der Waals surface area contributed by atoms with E-state index >= 15 is 0 Å². The predicted molar refractivity (Wildman–Crippen MR) is 110 cm³/mol. The highest BCUT2D eigenvalue weighted by Crippen LogP contribution is 2.30. The number of nitrogens with zero attached hydrogens (tertiary/aromatic N) is 1. The van der Waals surface area contributed by atoms with Crippen molar-refractivity contribution in [3.8, 4) is 0 Å². The number of carboxylic acids is 1. The van der Waals surface area contributed by atoms with Crippen molar-refractivity contribution in [2.24, 2.45) is 5.41 Å². The molecule has 2 aromatic carbocycles. The van der Waals surface area contributed by atoms with E-state index in [4.69, 9.17) is 4.74 Å². The second kappa shape index (κ2) is 8.09. The first-order valence-corrected chi connectivity index (χ1v) is 9.80. The molecule has 1 amide bonds. The fourth-order valence-electron chi connectivity index (χ4n) is 3.91. The van der Waals surface area contributed by atoms with Crippen LogP contribution in [0.5, 0.6) is 0 Å². The number of carbonyl (C=O) groups excluding carboxylic acids is 1. The van der Waals surface area contributed by atoms with Gasteiger partial charge in [0.2, 0.25) is 0 Å². The van der Waals surface area contributed by atoms with Crippen LogP contribution in [0.3, 0.4) is 0 Å². The van der Waals surface area contributed by atoms with Gasteiger partial charge in [0, 0.05) is 43.4 Å². The van der Waals surface area contributed by atoms with Gasteiger partial charge in [-0.3, -0.25) is 9.59 Å². The van der Waals surface area contributed by atoms with E-state index in [-0.39, 0.29) is 12.5 Å². The molecule has 6 heteroatoms. The number of aliphatic carboxylic acids is 1. The maximum Gasteiger partial charge on any atom is 0.311 e. The lowest BCUT2D eigenvalue weighted by molar-refractivity contribution is -0.154. The average molecular weight is 392 g/mol. The van der Waals surface area contributed by atoms with Gasteiger partial charge >= 0.3 is 5.97 Å². The van der Waals surface area contributed by atoms with Crippen LogP contribution < -0.4 is 5.32 Å². The molecule has 1 aliphatic heterocycles. The number of carbonyl (C=O) groups is 2. The minimum Gasteiger partial charge on any atom is -0.481 e. The van der Waals surface area contributed by atoms with Crippen LogP contribution in [0, 0.1) is 5.41 Å². The number of nitrogens with one attached hydrogen (secondary N) is 1. The fraction of sp³-hybridized carbons (Fsp3) is 0.304. The molecule has 0 aliphatic carbocycles. The number of aromatic nitrogens is 1. The van der Waals surface area contributed by atoms with Crippen LogP contribution in [0.1, 0.15) is 28.8 Å². The summed E-state index contributed by atoms with van der Waals surface area (Å²) >= 11 is 0. The van der Waals surface area contributed by atoms with Gasteiger partial charge < -0.3 is 19.7 Å². The van der Waals surface area contributed by atoms with E-state index in [1.165, 1.54) is 0 Å². The minimum atomic E-state index is -0.962. The number of para-hydroxylation sites is 1. The van der Waals surface area contributed by atoms with Crippen molar-refractivity contribution in [2.75, 3.05) is 19.8 Å². The topological polar surface area (TPSA) is 80.6 Å². The molecule has 4 rings (SSSR count). The molecule has 0 saturated carbocycles. The molecule has 0 radical (unpaired) electrons. The maximum absolute atomic E-state index is 13.0. The smallest absolute Gasteiger partial charge is 0.311 e. The SMILES string of the molecule is O=C(NCC1(C(=O)O)CCOCC1)c1cn(Cc2ccccc2)c2ccccc12. The number of rotatable bonds is 6. The first kappa shape index (κ1) is 19.2. The highest BCUT2D eigenvalue weighted by molar-refractivity contribution is 6.07. The molecule has 1 saturated heterocycles. The normalized spacial score (nSPS) is 15.9. The summed E-state index contributed by atoms with van der Waals surface area (Å²) in [6.07, 6.45) is 2.65. The minimum absolute atomic E-state index is 0.0999. The quantitative estimate of drug-likeness (QED) is 0.675. The Kier molecular flexibility index (Phi) is 5.36. The van der Waals surface area contributed by atoms with Crippen molar-refractivity contribution in [1.82, 2.24) is 9.88 Å². The van der Waals surface area contributed by atoms with E-state index in [9.17, 15) is 14.7 Å². The zero-order valence-electron chi connectivity index (χ0n) is 16.1. The van der Waals surface area contributed by atoms with Crippen molar-refractivity contribution < 1.29 is 19.4 Å². The molecule has 3 aromatic rings. The lowest BCUT2D eigenvalue weighted by Crippen LogP contribution is -2.46. The standard InChI is InChI=1S/C23H24N2O4/c26-21(24-16-23(22(27)28)10-12-29-13-11-23)19-15-25(14-17-6-2-1-3-7-17)20-9-5-4-8-18(19)20/h1-9,15H,10-14,16H2,(H,24,26)(H,27,28). The van der Waals surface area contributed by atoms with Gasteiger partial charge in [-0.1, -0.05) is 48.5 Å². The lowest BCUT2D eigenvalue weighted by Gasteiger charge is -2.33. The summed E-state index contributed by atoms with van der Waals surface area (Å²) in [7, 11) is 0. The van der Waals surface area contributed by atoms with Crippen LogP contribution in [-0.4, -0.2) is 41.3 Å². The Morgan fingerprint density at radius 3 is 2.45 bits per heavy atom. The summed E-state index contributed by atoms with van der Waals surface area (Å²) in [5, 5.41) is 13.4. The molecule has 0 spiro atoms. The van der Waals surface area contributed by atoms with Crippen LogP contribution in [0.25, 0.3) is 10.9 Å². The molecule has 29 heavy (non-hydrogen) atoms. The number of amides is 1. The average Bonchev–Trinajstić information content (AvgIpc) is 3.12. The van der Waals surface area contributed by atoms with Gasteiger partial charge in [0.1, 0.15) is 0 Å². The molecule has 6 nitrogen and oxygen atoms in total. The third-order valence-corrected chi connectivity index (χ3v) is 5.72. The third kappa shape index (κ3) is 3.89. The van der Waals surface area contributed by atoms with Gasteiger partial charge in [0.05, 0.1) is 11.0 Å². The van der Waals surface area contributed by atoms with Crippen molar-refractivity contribution in [3.05, 3.63) is 71.9 Å². The molecule has 0 unspecified atom stereocenters. The van der Waals surface area contributed by atoms with E-state index in [2.05, 4.69) is 22.0 Å². The fourth-order valence-corrected chi connectivity index (χ4v) is 3.91. The first-order valence-electron chi connectivity index (χ1n) is 9.80. The summed E-state index contributed by atoms with van der Waals surface area (Å²) in [6.45, 7) is 1.56. The summed E-state index contributed by atoms with van der Waals surface area (Å²) < 4.78 is 7.36. The second-order valence-corrected chi connectivity index (χ2v) is 7.55. The van der Waals surface area contributed by atoms with Crippen LogP contribution in [0.15, 0.2) is 60.8 Å². The Balaban J connectivity index is 1.58. The molecule has 0 bridgehead atoms. The van der Waals surface area contributed by atoms with Gasteiger partial charge in [-0.2, -0.15) is 0 Å². The summed E-state index contributed by atoms with van der Waals surface area (Å²) in [5.41, 5.74) is 1.72. The highest BCUT2D eigenvalue weighted by Gasteiger charge is 2.40. The first-order chi connectivity index (χ1) is 14.1. The number of fused-ring (bicyclic) bond motifs is 1. The third-order valence-electron chi connectivity index (χ3n) is 5.72. The van der Waals surface area contributed by atoms with Crippen molar-refractivity contribution >= 4 is 22.8 Å². The highest BCUT2D eigenvalue weighted by atomic mass is 16.5. The van der Waals surface area contributed by atoms with Gasteiger partial charge in [-0.25, -0.2) is 0 Å². The van der Waals surface area contributed by atoms with Gasteiger partial charge in [-0.15, -0.1) is 0 Å². The number of benzene rings is 2. The van der Waals surface area contributed by atoms with Crippen LogP contribution in [0.2, 0.25) is 0 Å². The Bertz CT molecular complexity index is 1020.